The second-order valence-corrected chi connectivity index (χ2v) is 6.67. The normalized spacial score (nSPS) is 23.3. The summed E-state index contributed by atoms with van der Waals surface area (Å²) >= 11 is 0. The molecule has 1 aliphatic heterocycles. The topological polar surface area (TPSA) is 126 Å². The van der Waals surface area contributed by atoms with E-state index in [0.29, 0.717) is 10.5 Å². The first-order valence-electron chi connectivity index (χ1n) is 9.17. The van der Waals surface area contributed by atoms with Crippen LogP contribution in [-0.4, -0.2) is 59.2 Å². The Morgan fingerprint density at radius 1 is 0.867 bits per heavy atom. The predicted molar refractivity (Wildman–Crippen MR) is 99.6 cm³/mol. The summed E-state index contributed by atoms with van der Waals surface area (Å²) in [6, 6.07) is 7.72. The van der Waals surface area contributed by atoms with Gasteiger partial charge in [-0.05, 0) is 12.5 Å². The van der Waals surface area contributed by atoms with Crippen LogP contribution in [0.5, 0.6) is 0 Å². The highest BCUT2D eigenvalue weighted by Crippen LogP contribution is 2.28. The zero-order valence-corrected chi connectivity index (χ0v) is 17.0. The van der Waals surface area contributed by atoms with Crippen LogP contribution in [0.25, 0.3) is 0 Å². The molecule has 0 unspecified atom stereocenters. The predicted octanol–water partition coefficient (Wildman–Crippen LogP) is 1.35. The van der Waals surface area contributed by atoms with Crippen LogP contribution in [0.1, 0.15) is 33.3 Å². The molecule has 0 N–H and O–H groups in total. The molecule has 0 aromatic heterocycles. The molecular weight excluding hydrogens is 398 g/mol. The van der Waals surface area contributed by atoms with Gasteiger partial charge in [0.25, 0.3) is 5.91 Å². The van der Waals surface area contributed by atoms with E-state index in [2.05, 4.69) is 0 Å². The number of hydrogen-bond acceptors (Lipinski definition) is 9. The number of esters is 3. The van der Waals surface area contributed by atoms with Gasteiger partial charge in [0.05, 0.1) is 6.04 Å². The SMILES string of the molecule is CC(=O)O[C@@H]1[C@H](OC(C)=O)[C@@H](C)N(C(=O)OCc2ccccc2)C(=O)[C@H]1OC(C)=O. The molecule has 1 aliphatic rings. The molecule has 0 bridgehead atoms. The van der Waals surface area contributed by atoms with Gasteiger partial charge in [0, 0.05) is 20.8 Å². The lowest BCUT2D eigenvalue weighted by Gasteiger charge is -2.43. The number of nitrogens with zero attached hydrogens (tertiary/aromatic N) is 1. The molecule has 4 atom stereocenters. The van der Waals surface area contributed by atoms with E-state index in [1.165, 1.54) is 6.92 Å². The quantitative estimate of drug-likeness (QED) is 0.511. The van der Waals surface area contributed by atoms with E-state index in [0.717, 1.165) is 20.8 Å². The Bertz CT molecular complexity index is 823. The number of likely N-dealkylation sites (tertiary alicyclic amines) is 1. The zero-order chi connectivity index (χ0) is 22.4. The Balaban J connectivity index is 2.33. The molecule has 10 nitrogen and oxygen atoms in total. The average molecular weight is 421 g/mol. The summed E-state index contributed by atoms with van der Waals surface area (Å²) in [6.07, 6.45) is -5.39. The van der Waals surface area contributed by atoms with Crippen molar-refractivity contribution in [3.8, 4) is 0 Å². The summed E-state index contributed by atoms with van der Waals surface area (Å²) in [5, 5.41) is 0. The standard InChI is InChI=1S/C20H23NO9/c1-11-16(28-12(2)22)17(29-13(3)23)18(30-14(4)24)19(25)21(11)20(26)27-10-15-8-6-5-7-9-15/h5-9,11,16-18H,10H2,1-4H3/t11-,16-,17-,18+/m1/s1. The number of carbonyl (C=O) groups is 5. The molecule has 162 valence electrons. The highest BCUT2D eigenvalue weighted by molar-refractivity contribution is 5.97. The minimum Gasteiger partial charge on any atom is -0.456 e. The van der Waals surface area contributed by atoms with Crippen molar-refractivity contribution in [2.24, 2.45) is 0 Å². The maximum Gasteiger partial charge on any atom is 0.417 e. The Morgan fingerprint density at radius 3 is 1.93 bits per heavy atom. The van der Waals surface area contributed by atoms with Crippen molar-refractivity contribution in [1.82, 2.24) is 4.90 Å². The lowest BCUT2D eigenvalue weighted by atomic mass is 9.93. The molecule has 0 radical (unpaired) electrons. The Hall–Kier alpha value is -3.43. The maximum absolute atomic E-state index is 13.0. The third kappa shape index (κ3) is 5.56. The third-order valence-electron chi connectivity index (χ3n) is 4.28. The molecule has 2 rings (SSSR count). The van der Waals surface area contributed by atoms with Gasteiger partial charge in [-0.25, -0.2) is 9.69 Å². The van der Waals surface area contributed by atoms with Gasteiger partial charge >= 0.3 is 24.0 Å². The second-order valence-electron chi connectivity index (χ2n) is 6.67. The van der Waals surface area contributed by atoms with Gasteiger partial charge in [-0.15, -0.1) is 0 Å². The fourth-order valence-electron chi connectivity index (χ4n) is 3.09. The highest BCUT2D eigenvalue weighted by atomic mass is 16.6. The van der Waals surface area contributed by atoms with Gasteiger partial charge in [0.2, 0.25) is 6.10 Å². The van der Waals surface area contributed by atoms with Gasteiger partial charge in [-0.1, -0.05) is 30.3 Å². The van der Waals surface area contributed by atoms with Gasteiger partial charge < -0.3 is 18.9 Å². The number of benzene rings is 1. The number of amides is 2. The molecule has 2 amide bonds. The van der Waals surface area contributed by atoms with E-state index < -0.39 is 54.3 Å². The van der Waals surface area contributed by atoms with E-state index in [1.807, 2.05) is 0 Å². The van der Waals surface area contributed by atoms with E-state index in [1.54, 1.807) is 30.3 Å². The molecule has 0 saturated carbocycles. The summed E-state index contributed by atoms with van der Waals surface area (Å²) in [6.45, 7) is 4.57. The third-order valence-corrected chi connectivity index (χ3v) is 4.28. The summed E-state index contributed by atoms with van der Waals surface area (Å²) in [5.74, 6) is -3.32. The van der Waals surface area contributed by atoms with E-state index in [4.69, 9.17) is 18.9 Å². The van der Waals surface area contributed by atoms with Crippen molar-refractivity contribution in [3.63, 3.8) is 0 Å². The molecule has 10 heteroatoms. The van der Waals surface area contributed by atoms with Gasteiger partial charge in [0.1, 0.15) is 6.61 Å². The first-order valence-corrected chi connectivity index (χ1v) is 9.17. The van der Waals surface area contributed by atoms with Crippen LogP contribution in [-0.2, 0) is 44.7 Å². The average Bonchev–Trinajstić information content (AvgIpc) is 2.66. The Kier molecular flexibility index (Phi) is 7.51. The molecule has 1 fully saturated rings. The lowest BCUT2D eigenvalue weighted by Crippen LogP contribution is -2.67. The number of carbonyl (C=O) groups excluding carboxylic acids is 5. The van der Waals surface area contributed by atoms with Crippen LogP contribution in [0.15, 0.2) is 30.3 Å². The minimum atomic E-state index is -1.68. The zero-order valence-electron chi connectivity index (χ0n) is 17.0. The van der Waals surface area contributed by atoms with E-state index in [-0.39, 0.29) is 6.61 Å². The Morgan fingerprint density at radius 2 is 1.40 bits per heavy atom. The fourth-order valence-corrected chi connectivity index (χ4v) is 3.09. The smallest absolute Gasteiger partial charge is 0.417 e. The number of imide groups is 1. The maximum atomic E-state index is 13.0. The number of ether oxygens (including phenoxy) is 4. The summed E-state index contributed by atoms with van der Waals surface area (Å²) < 4.78 is 20.6. The first kappa shape index (κ1) is 22.9. The molecule has 1 aromatic carbocycles. The van der Waals surface area contributed by atoms with Gasteiger partial charge in [0.15, 0.2) is 12.2 Å². The molecular formula is C20H23NO9. The van der Waals surface area contributed by atoms with Crippen LogP contribution in [0.2, 0.25) is 0 Å². The number of rotatable bonds is 5. The minimum absolute atomic E-state index is 0.111. The van der Waals surface area contributed by atoms with Crippen LogP contribution in [0.4, 0.5) is 4.79 Å². The fraction of sp³-hybridized carbons (Fsp3) is 0.450. The van der Waals surface area contributed by atoms with Crippen molar-refractivity contribution in [3.05, 3.63) is 35.9 Å². The van der Waals surface area contributed by atoms with Gasteiger partial charge in [-0.2, -0.15) is 0 Å². The number of hydrogen-bond donors (Lipinski definition) is 0. The molecule has 30 heavy (non-hydrogen) atoms. The monoisotopic (exact) mass is 421 g/mol. The summed E-state index contributed by atoms with van der Waals surface area (Å²) in [4.78, 5) is 61.0. The molecule has 0 aliphatic carbocycles. The van der Waals surface area contributed by atoms with Crippen LogP contribution < -0.4 is 0 Å². The van der Waals surface area contributed by atoms with Crippen molar-refractivity contribution < 1.29 is 42.9 Å². The molecule has 1 heterocycles. The Labute approximate surface area is 173 Å². The molecule has 0 spiro atoms. The second kappa shape index (κ2) is 9.86. The van der Waals surface area contributed by atoms with Crippen LogP contribution in [0, 0.1) is 0 Å². The highest BCUT2D eigenvalue weighted by Gasteiger charge is 2.55. The van der Waals surface area contributed by atoms with Crippen molar-refractivity contribution in [1.29, 1.82) is 0 Å². The summed E-state index contributed by atoms with van der Waals surface area (Å²) in [5.41, 5.74) is 0.689. The largest absolute Gasteiger partial charge is 0.456 e. The molecule has 1 aromatic rings. The van der Waals surface area contributed by atoms with Crippen LogP contribution in [0.3, 0.4) is 0 Å². The van der Waals surface area contributed by atoms with Crippen molar-refractivity contribution in [2.45, 2.75) is 58.7 Å². The van der Waals surface area contributed by atoms with Crippen molar-refractivity contribution >= 4 is 29.9 Å². The number of piperidine rings is 1. The summed E-state index contributed by atoms with van der Waals surface area (Å²) in [7, 11) is 0. The first-order chi connectivity index (χ1) is 14.1. The lowest BCUT2D eigenvalue weighted by molar-refractivity contribution is -0.204. The van der Waals surface area contributed by atoms with E-state index >= 15 is 0 Å². The van der Waals surface area contributed by atoms with Crippen molar-refractivity contribution in [2.75, 3.05) is 0 Å². The molecule has 1 saturated heterocycles. The van der Waals surface area contributed by atoms with E-state index in [9.17, 15) is 24.0 Å². The van der Waals surface area contributed by atoms with Crippen LogP contribution >= 0.6 is 0 Å². The van der Waals surface area contributed by atoms with Gasteiger partial charge in [-0.3, -0.25) is 19.2 Å².